The van der Waals surface area contributed by atoms with Gasteiger partial charge in [-0.15, -0.1) is 27.8 Å². The number of anilines is 1. The number of halogens is 1. The maximum Gasteiger partial charge on any atom is 0.326 e. The van der Waals surface area contributed by atoms with Gasteiger partial charge >= 0.3 is 5.69 Å². The zero-order valence-electron chi connectivity index (χ0n) is 19.4. The van der Waals surface area contributed by atoms with Crippen molar-refractivity contribution in [3.8, 4) is 0 Å². The molecule has 0 spiro atoms. The first-order chi connectivity index (χ1) is 18.4. The highest BCUT2D eigenvalue weighted by atomic mass is 35.5. The lowest BCUT2D eigenvalue weighted by Crippen LogP contribution is -2.25. The number of tetrazole rings is 1. The molecule has 190 valence electrons. The van der Waals surface area contributed by atoms with Crippen molar-refractivity contribution in [2.24, 2.45) is 0 Å². The van der Waals surface area contributed by atoms with Gasteiger partial charge in [-0.05, 0) is 41.5 Å². The second kappa shape index (κ2) is 9.79. The molecule has 3 N–H and O–H groups in total. The summed E-state index contributed by atoms with van der Waals surface area (Å²) in [7, 11) is 0. The van der Waals surface area contributed by atoms with E-state index in [-0.39, 0.29) is 29.8 Å². The Labute approximate surface area is 232 Å². The number of benzene rings is 1. The van der Waals surface area contributed by atoms with Crippen LogP contribution in [0.5, 0.6) is 0 Å². The molecule has 0 saturated carbocycles. The highest BCUT2D eigenvalue weighted by Gasteiger charge is 2.28. The van der Waals surface area contributed by atoms with Crippen LogP contribution >= 0.6 is 46.5 Å². The summed E-state index contributed by atoms with van der Waals surface area (Å²) >= 11 is 14.8. The maximum absolute atomic E-state index is 12.9. The number of carbonyl (C=O) groups excluding carboxylic acids is 1. The van der Waals surface area contributed by atoms with Gasteiger partial charge in [-0.1, -0.05) is 41.1 Å². The van der Waals surface area contributed by atoms with Gasteiger partial charge in [-0.2, -0.15) is 5.21 Å². The van der Waals surface area contributed by atoms with Crippen LogP contribution < -0.4 is 11.0 Å². The van der Waals surface area contributed by atoms with Crippen LogP contribution in [-0.4, -0.2) is 46.1 Å². The van der Waals surface area contributed by atoms with Crippen molar-refractivity contribution >= 4 is 70.5 Å². The number of rotatable bonds is 5. The zero-order chi connectivity index (χ0) is 26.4. The summed E-state index contributed by atoms with van der Waals surface area (Å²) in [4.78, 5) is 38.4. The van der Waals surface area contributed by atoms with Crippen molar-refractivity contribution in [3.05, 3.63) is 92.9 Å². The van der Waals surface area contributed by atoms with Gasteiger partial charge in [0.25, 0.3) is 11.9 Å². The minimum atomic E-state index is -0.484. The number of nitrogens with one attached hydrogen (secondary N) is 3. The second-order valence-electron chi connectivity index (χ2n) is 8.31. The van der Waals surface area contributed by atoms with E-state index in [1.54, 1.807) is 22.9 Å². The van der Waals surface area contributed by atoms with E-state index in [1.807, 2.05) is 37.3 Å². The van der Waals surface area contributed by atoms with Crippen LogP contribution in [0.15, 0.2) is 34.6 Å². The Morgan fingerprint density at radius 2 is 2.13 bits per heavy atom. The smallest absolute Gasteiger partial charge is 0.298 e. The molecule has 1 amide bonds. The van der Waals surface area contributed by atoms with Gasteiger partial charge in [-0.3, -0.25) is 19.7 Å². The van der Waals surface area contributed by atoms with Crippen LogP contribution in [0.4, 0.5) is 5.95 Å². The SMILES string of the molecule is Cc1nc2c(s1)C=Cc1cc(Cl)ccc1C2c1cn(Cc2nc(C(=O)Nc3nn[nH]n3)cs2)c(=O)[nH]c1=S. The first-order valence-electron chi connectivity index (χ1n) is 11.1. The lowest BCUT2D eigenvalue weighted by Gasteiger charge is -2.19. The minimum Gasteiger partial charge on any atom is -0.298 e. The molecule has 38 heavy (non-hydrogen) atoms. The lowest BCUT2D eigenvalue weighted by molar-refractivity contribution is 0.102. The zero-order valence-corrected chi connectivity index (χ0v) is 22.6. The number of fused-ring (bicyclic) bond motifs is 2. The number of carbonyl (C=O) groups is 1. The summed E-state index contributed by atoms with van der Waals surface area (Å²) in [6, 6.07) is 5.71. The van der Waals surface area contributed by atoms with Gasteiger partial charge < -0.3 is 0 Å². The molecule has 0 saturated heterocycles. The number of hydrogen-bond donors (Lipinski definition) is 3. The molecule has 11 nitrogen and oxygen atoms in total. The summed E-state index contributed by atoms with van der Waals surface area (Å²) < 4.78 is 1.83. The van der Waals surface area contributed by atoms with Gasteiger partial charge in [0.2, 0.25) is 0 Å². The van der Waals surface area contributed by atoms with E-state index in [0.717, 1.165) is 32.3 Å². The average Bonchev–Trinajstić information content (AvgIpc) is 3.62. The molecule has 1 atom stereocenters. The molecule has 0 radical (unpaired) electrons. The molecular weight excluding hydrogens is 566 g/mol. The molecule has 0 fully saturated rings. The minimum absolute atomic E-state index is 0.0390. The third-order valence-electron chi connectivity index (χ3n) is 5.85. The van der Waals surface area contributed by atoms with Crippen LogP contribution in [0.2, 0.25) is 5.02 Å². The van der Waals surface area contributed by atoms with Crippen LogP contribution in [0.1, 0.15) is 53.7 Å². The standard InChI is InChI=1S/C23H16ClN9O2S3/c1-10-25-19-16(38-10)5-2-11-6-12(24)3-4-13(11)18(19)14-7-33(23(35)28-21(14)36)8-17-26-15(9-37-17)20(34)27-22-29-31-32-30-22/h2-7,9,18H,8H2,1H3,(H,28,35,36)(H2,27,29,30,31,32,34). The highest BCUT2D eigenvalue weighted by Crippen LogP contribution is 2.41. The van der Waals surface area contributed by atoms with Crippen molar-refractivity contribution in [2.75, 3.05) is 5.32 Å². The molecule has 1 aromatic carbocycles. The Hall–Kier alpha value is -3.85. The third-order valence-corrected chi connectivity index (χ3v) is 8.20. The van der Waals surface area contributed by atoms with Crippen LogP contribution in [-0.2, 0) is 6.54 Å². The largest absolute Gasteiger partial charge is 0.326 e. The second-order valence-corrected chi connectivity index (χ2v) is 11.3. The number of hydrogen-bond acceptors (Lipinski definition) is 10. The van der Waals surface area contributed by atoms with E-state index in [4.69, 9.17) is 28.8 Å². The molecular formula is C23H16ClN9O2S3. The van der Waals surface area contributed by atoms with E-state index in [9.17, 15) is 9.59 Å². The van der Waals surface area contributed by atoms with E-state index in [0.29, 0.717) is 14.7 Å². The van der Waals surface area contributed by atoms with Crippen molar-refractivity contribution in [2.45, 2.75) is 19.4 Å². The van der Waals surface area contributed by atoms with Gasteiger partial charge in [-0.25, -0.2) is 14.8 Å². The molecule has 1 aliphatic carbocycles. The van der Waals surface area contributed by atoms with Crippen molar-refractivity contribution in [1.29, 1.82) is 0 Å². The Kier molecular flexibility index (Phi) is 6.31. The lowest BCUT2D eigenvalue weighted by atomic mass is 9.88. The number of H-pyrrole nitrogens is 2. The van der Waals surface area contributed by atoms with Crippen LogP contribution in [0.3, 0.4) is 0 Å². The quantitative estimate of drug-likeness (QED) is 0.256. The number of amides is 1. The predicted molar refractivity (Wildman–Crippen MR) is 147 cm³/mol. The van der Waals surface area contributed by atoms with Crippen molar-refractivity contribution in [1.82, 2.24) is 40.1 Å². The topological polar surface area (TPSA) is 147 Å². The molecule has 6 rings (SSSR count). The molecule has 5 aromatic rings. The van der Waals surface area contributed by atoms with E-state index >= 15 is 0 Å². The third kappa shape index (κ3) is 4.62. The van der Waals surface area contributed by atoms with Crippen LogP contribution in [0, 0.1) is 11.6 Å². The van der Waals surface area contributed by atoms with Gasteiger partial charge in [0.05, 0.1) is 28.0 Å². The Balaban J connectivity index is 1.38. The fourth-order valence-corrected chi connectivity index (χ4v) is 6.31. The number of nitrogens with zero attached hydrogens (tertiary/aromatic N) is 6. The van der Waals surface area contributed by atoms with Gasteiger partial charge in [0.15, 0.2) is 0 Å². The Morgan fingerprint density at radius 1 is 1.26 bits per heavy atom. The van der Waals surface area contributed by atoms with E-state index in [1.165, 1.54) is 15.9 Å². The van der Waals surface area contributed by atoms with Crippen molar-refractivity contribution in [3.63, 3.8) is 0 Å². The van der Waals surface area contributed by atoms with Gasteiger partial charge in [0, 0.05) is 22.2 Å². The van der Waals surface area contributed by atoms with E-state index in [2.05, 4.69) is 35.9 Å². The summed E-state index contributed by atoms with van der Waals surface area (Å²) in [5, 5.41) is 19.3. The normalized spacial score (nSPS) is 14.1. The molecule has 4 aromatic heterocycles. The predicted octanol–water partition coefficient (Wildman–Crippen LogP) is 4.26. The number of thiazole rings is 2. The van der Waals surface area contributed by atoms with E-state index < -0.39 is 5.91 Å². The highest BCUT2D eigenvalue weighted by molar-refractivity contribution is 7.71. The molecule has 1 aliphatic rings. The Morgan fingerprint density at radius 3 is 2.95 bits per heavy atom. The monoisotopic (exact) mass is 581 g/mol. The summed E-state index contributed by atoms with van der Waals surface area (Å²) in [5.74, 6) is -0.764. The fourth-order valence-electron chi connectivity index (χ4n) is 4.23. The van der Waals surface area contributed by atoms with Crippen LogP contribution in [0.25, 0.3) is 12.2 Å². The summed E-state index contributed by atoms with van der Waals surface area (Å²) in [6.07, 6.45) is 5.81. The fraction of sp³-hybridized carbons (Fsp3) is 0.130. The first kappa shape index (κ1) is 24.5. The molecule has 0 bridgehead atoms. The average molecular weight is 582 g/mol. The summed E-state index contributed by atoms with van der Waals surface area (Å²) in [6.45, 7) is 2.10. The van der Waals surface area contributed by atoms with Crippen molar-refractivity contribution < 1.29 is 4.79 Å². The molecule has 1 unspecified atom stereocenters. The Bertz CT molecular complexity index is 1840. The maximum atomic E-state index is 12.9. The molecule has 4 heterocycles. The first-order valence-corrected chi connectivity index (χ1v) is 13.6. The molecule has 0 aliphatic heterocycles. The molecule has 15 heteroatoms. The number of aromatic nitrogens is 8. The number of aryl methyl sites for hydroxylation is 1. The van der Waals surface area contributed by atoms with Gasteiger partial charge in [0.1, 0.15) is 15.3 Å². The number of aromatic amines is 2. The summed E-state index contributed by atoms with van der Waals surface area (Å²) in [5.41, 5.74) is 3.32.